The predicted molar refractivity (Wildman–Crippen MR) is 54.3 cm³/mol. The molecule has 82 valence electrons. The van der Waals surface area contributed by atoms with Crippen molar-refractivity contribution < 1.29 is 23.1 Å². The maximum absolute atomic E-state index is 11.3. The molecule has 14 heavy (non-hydrogen) atoms. The molecule has 0 aromatic carbocycles. The maximum atomic E-state index is 11.3. The van der Waals surface area contributed by atoms with E-state index >= 15 is 0 Å². The summed E-state index contributed by atoms with van der Waals surface area (Å²) in [6, 6.07) is 0. The first kappa shape index (κ1) is 13.6. The topological polar surface area (TPSA) is 88.5 Å². The Morgan fingerprint density at radius 3 is 2.14 bits per heavy atom. The van der Waals surface area contributed by atoms with Crippen LogP contribution in [0, 0.1) is 0 Å². The van der Waals surface area contributed by atoms with Crippen LogP contribution in [0.2, 0.25) is 0 Å². The van der Waals surface area contributed by atoms with Gasteiger partial charge >= 0.3 is 5.97 Å². The van der Waals surface area contributed by atoms with Crippen LogP contribution in [0.25, 0.3) is 0 Å². The summed E-state index contributed by atoms with van der Waals surface area (Å²) >= 11 is 2.87. The molecule has 2 atom stereocenters. The lowest BCUT2D eigenvalue weighted by Crippen LogP contribution is -2.33. The highest BCUT2D eigenvalue weighted by atomic mass is 79.9. The Bertz CT molecular complexity index is 334. The fraction of sp³-hybridized carbons (Fsp3) is 0.714. The van der Waals surface area contributed by atoms with Gasteiger partial charge in [-0.25, -0.2) is 8.42 Å². The molecule has 0 aromatic rings. The highest BCUT2D eigenvalue weighted by molar-refractivity contribution is 9.10. The molecule has 0 aliphatic carbocycles. The third kappa shape index (κ3) is 3.75. The number of halogens is 1. The van der Waals surface area contributed by atoms with Crippen LogP contribution >= 0.6 is 15.9 Å². The molecule has 0 radical (unpaired) electrons. The van der Waals surface area contributed by atoms with Crippen molar-refractivity contribution in [3.05, 3.63) is 0 Å². The van der Waals surface area contributed by atoms with E-state index in [4.69, 9.17) is 5.11 Å². The number of aliphatic carboxylic acids is 1. The Hall–Kier alpha value is -0.430. The van der Waals surface area contributed by atoms with Crippen molar-refractivity contribution in [2.24, 2.45) is 0 Å². The quantitative estimate of drug-likeness (QED) is 0.731. The summed E-state index contributed by atoms with van der Waals surface area (Å²) in [4.78, 5) is 20.3. The monoisotopic (exact) mass is 286 g/mol. The lowest BCUT2D eigenvalue weighted by Gasteiger charge is -2.10. The molecule has 0 fully saturated rings. The summed E-state index contributed by atoms with van der Waals surface area (Å²) in [5, 5.41) is 7.01. The highest BCUT2D eigenvalue weighted by Gasteiger charge is 2.30. The number of Topliss-reactive ketones (excluding diaryl/α,β-unsaturated/α-hetero) is 1. The zero-order valence-corrected chi connectivity index (χ0v) is 10.1. The molecule has 0 aliphatic rings. The van der Waals surface area contributed by atoms with Crippen LogP contribution in [0.3, 0.4) is 0 Å². The number of rotatable bonds is 5. The maximum Gasteiger partial charge on any atom is 0.321 e. The zero-order valence-electron chi connectivity index (χ0n) is 7.73. The number of hydrogen-bond donors (Lipinski definition) is 1. The standard InChI is InChI=1S/C7H11BrO5S/c1-4(9)6(8)3-14(12,13)5(2)7(10)11/h5-6H,3H2,1-2H3,(H,10,11). The Balaban J connectivity index is 4.67. The van der Waals surface area contributed by atoms with Gasteiger partial charge in [0, 0.05) is 0 Å². The van der Waals surface area contributed by atoms with Crippen LogP contribution < -0.4 is 0 Å². The molecule has 0 saturated carbocycles. The van der Waals surface area contributed by atoms with E-state index < -0.39 is 31.6 Å². The van der Waals surface area contributed by atoms with Gasteiger partial charge in [-0.05, 0) is 13.8 Å². The van der Waals surface area contributed by atoms with Gasteiger partial charge in [0.15, 0.2) is 15.1 Å². The summed E-state index contributed by atoms with van der Waals surface area (Å²) in [5.41, 5.74) is 0. The number of carboxylic acid groups (broad SMARTS) is 1. The smallest absolute Gasteiger partial charge is 0.321 e. The molecule has 0 rings (SSSR count). The van der Waals surface area contributed by atoms with E-state index in [-0.39, 0.29) is 5.78 Å². The van der Waals surface area contributed by atoms with Gasteiger partial charge < -0.3 is 5.11 Å². The van der Waals surface area contributed by atoms with Crippen LogP contribution in [0.15, 0.2) is 0 Å². The van der Waals surface area contributed by atoms with Crippen LogP contribution in [0.5, 0.6) is 0 Å². The third-order valence-corrected chi connectivity index (χ3v) is 5.18. The molecule has 0 amide bonds. The first-order valence-electron chi connectivity index (χ1n) is 3.77. The van der Waals surface area contributed by atoms with E-state index in [0.717, 1.165) is 6.92 Å². The van der Waals surface area contributed by atoms with Gasteiger partial charge in [-0.1, -0.05) is 15.9 Å². The zero-order chi connectivity index (χ0) is 11.5. The Kier molecular flexibility index (Phi) is 4.73. The number of carboxylic acids is 1. The van der Waals surface area contributed by atoms with Gasteiger partial charge in [-0.2, -0.15) is 0 Å². The van der Waals surface area contributed by atoms with Gasteiger partial charge in [0.1, 0.15) is 5.78 Å². The predicted octanol–water partition coefficient (Wildman–Crippen LogP) is 0.227. The van der Waals surface area contributed by atoms with Crippen molar-refractivity contribution in [3.63, 3.8) is 0 Å². The summed E-state index contributed by atoms with van der Waals surface area (Å²) < 4.78 is 22.6. The normalized spacial score (nSPS) is 15.9. The Morgan fingerprint density at radius 1 is 1.43 bits per heavy atom. The molecule has 0 aliphatic heterocycles. The number of ketones is 1. The number of hydrogen-bond acceptors (Lipinski definition) is 4. The fourth-order valence-corrected chi connectivity index (χ4v) is 2.96. The van der Waals surface area contributed by atoms with E-state index in [2.05, 4.69) is 15.9 Å². The SMILES string of the molecule is CC(=O)C(Br)CS(=O)(=O)C(C)C(=O)O. The molecule has 0 heterocycles. The van der Waals surface area contributed by atoms with Crippen molar-refractivity contribution in [1.82, 2.24) is 0 Å². The molecular weight excluding hydrogens is 276 g/mol. The van der Waals surface area contributed by atoms with E-state index in [1.54, 1.807) is 0 Å². The van der Waals surface area contributed by atoms with E-state index in [0.29, 0.717) is 0 Å². The van der Waals surface area contributed by atoms with Gasteiger partial charge in [0.25, 0.3) is 0 Å². The third-order valence-electron chi connectivity index (χ3n) is 1.71. The summed E-state index contributed by atoms with van der Waals surface area (Å²) in [6.07, 6.45) is 0. The van der Waals surface area contributed by atoms with Crippen molar-refractivity contribution in [2.75, 3.05) is 5.75 Å². The summed E-state index contributed by atoms with van der Waals surface area (Å²) in [5.74, 6) is -2.24. The second kappa shape index (κ2) is 4.88. The lowest BCUT2D eigenvalue weighted by molar-refractivity contribution is -0.136. The van der Waals surface area contributed by atoms with Gasteiger partial charge in [-0.3, -0.25) is 9.59 Å². The molecule has 0 bridgehead atoms. The van der Waals surface area contributed by atoms with Crippen LogP contribution in [-0.4, -0.2) is 41.1 Å². The first-order chi connectivity index (χ1) is 6.18. The number of sulfone groups is 1. The van der Waals surface area contributed by atoms with Crippen molar-refractivity contribution in [2.45, 2.75) is 23.9 Å². The molecule has 7 heteroatoms. The van der Waals surface area contributed by atoms with Gasteiger partial charge in [0.2, 0.25) is 0 Å². The second-order valence-corrected chi connectivity index (χ2v) is 6.36. The number of carbonyl (C=O) groups excluding carboxylic acids is 1. The van der Waals surface area contributed by atoms with Crippen LogP contribution in [-0.2, 0) is 19.4 Å². The van der Waals surface area contributed by atoms with E-state index in [9.17, 15) is 18.0 Å². The Labute approximate surface area is 90.5 Å². The Morgan fingerprint density at radius 2 is 1.86 bits per heavy atom. The van der Waals surface area contributed by atoms with Gasteiger partial charge in [0.05, 0.1) is 10.6 Å². The molecule has 0 saturated heterocycles. The fourth-order valence-electron chi connectivity index (χ4n) is 0.619. The van der Waals surface area contributed by atoms with E-state index in [1.807, 2.05) is 0 Å². The van der Waals surface area contributed by atoms with Crippen molar-refractivity contribution in [1.29, 1.82) is 0 Å². The largest absolute Gasteiger partial charge is 0.480 e. The molecule has 0 spiro atoms. The molecule has 0 aromatic heterocycles. The van der Waals surface area contributed by atoms with Crippen LogP contribution in [0.1, 0.15) is 13.8 Å². The molecule has 5 nitrogen and oxygen atoms in total. The summed E-state index contributed by atoms with van der Waals surface area (Å²) in [6.45, 7) is 2.32. The average Bonchev–Trinajstić information content (AvgIpc) is 2.01. The minimum atomic E-state index is -3.77. The van der Waals surface area contributed by atoms with Crippen molar-refractivity contribution in [3.8, 4) is 0 Å². The lowest BCUT2D eigenvalue weighted by atomic mass is 10.3. The number of carbonyl (C=O) groups is 2. The average molecular weight is 287 g/mol. The molecular formula is C7H11BrO5S. The molecule has 1 N–H and O–H groups in total. The number of alkyl halides is 1. The second-order valence-electron chi connectivity index (χ2n) is 2.89. The molecule has 2 unspecified atom stereocenters. The van der Waals surface area contributed by atoms with Crippen molar-refractivity contribution >= 4 is 37.5 Å². The minimum Gasteiger partial charge on any atom is -0.480 e. The minimum absolute atomic E-state index is 0.342. The highest BCUT2D eigenvalue weighted by Crippen LogP contribution is 2.10. The summed E-state index contributed by atoms with van der Waals surface area (Å²) in [7, 11) is -3.77. The first-order valence-corrected chi connectivity index (χ1v) is 6.40. The van der Waals surface area contributed by atoms with Crippen LogP contribution in [0.4, 0.5) is 0 Å². The van der Waals surface area contributed by atoms with E-state index in [1.165, 1.54) is 6.92 Å². The van der Waals surface area contributed by atoms with Gasteiger partial charge in [-0.15, -0.1) is 0 Å².